The molecule has 0 aliphatic carbocycles. The number of likely N-dealkylation sites (tertiary alicyclic amines) is 2. The molecule has 2 N–H and O–H groups in total. The number of hydrogen-bond acceptors (Lipinski definition) is 6. The van der Waals surface area contributed by atoms with Gasteiger partial charge in [0.2, 0.25) is 11.8 Å². The summed E-state index contributed by atoms with van der Waals surface area (Å²) >= 11 is 0. The standard InChI is InChI=1S/C32H52N4O4/c1-25(2)21-29-30(37)33-26(3)24-39-19-7-4-11-32(31(38)34-29)12-16-36(17-13-32)23-27-9-8-10-28(22-27)40-20-18-35-14-5-6-15-35/h8-10,22,25-26,29H,4-7,11-21,23-24H2,1-3H3,(H,33,37)(H,34,38)/t26-,29+/m1/s1. The number of nitrogens with one attached hydrogen (secondary N) is 2. The molecule has 0 saturated carbocycles. The van der Waals surface area contributed by atoms with Gasteiger partial charge >= 0.3 is 0 Å². The average molecular weight is 557 g/mol. The van der Waals surface area contributed by atoms with Gasteiger partial charge in [-0.2, -0.15) is 0 Å². The smallest absolute Gasteiger partial charge is 0.242 e. The summed E-state index contributed by atoms with van der Waals surface area (Å²) in [4.78, 5) is 31.9. The Morgan fingerprint density at radius 2 is 1.77 bits per heavy atom. The van der Waals surface area contributed by atoms with Crippen molar-refractivity contribution in [1.29, 1.82) is 0 Å². The van der Waals surface area contributed by atoms with Gasteiger partial charge in [-0.3, -0.25) is 19.4 Å². The predicted molar refractivity (Wildman–Crippen MR) is 158 cm³/mol. The Bertz CT molecular complexity index is 941. The Labute approximate surface area is 241 Å². The molecule has 8 nitrogen and oxygen atoms in total. The number of rotatable bonds is 8. The molecule has 3 aliphatic rings. The van der Waals surface area contributed by atoms with Gasteiger partial charge in [0.15, 0.2) is 0 Å². The maximum Gasteiger partial charge on any atom is 0.242 e. The minimum Gasteiger partial charge on any atom is -0.492 e. The SMILES string of the molecule is CC(C)C[C@@H]1NC(=O)C2(CCCCOC[C@@H](C)NC1=O)CCN(Cc1cccc(OCCN3CCCC3)c1)CC2. The fourth-order valence-corrected chi connectivity index (χ4v) is 6.35. The molecule has 2 atom stereocenters. The monoisotopic (exact) mass is 556 g/mol. The second-order valence-electron chi connectivity index (χ2n) is 12.7. The molecule has 1 aromatic rings. The van der Waals surface area contributed by atoms with Crippen LogP contribution in [0.15, 0.2) is 24.3 Å². The first-order chi connectivity index (χ1) is 19.3. The Hall–Kier alpha value is -2.16. The molecule has 0 aromatic heterocycles. The van der Waals surface area contributed by atoms with Crippen LogP contribution in [-0.2, 0) is 20.9 Å². The molecule has 2 amide bonds. The molecule has 0 bridgehead atoms. The molecule has 3 aliphatic heterocycles. The van der Waals surface area contributed by atoms with Gasteiger partial charge in [0.05, 0.1) is 12.0 Å². The number of piperidine rings is 1. The van der Waals surface area contributed by atoms with Crippen LogP contribution in [0.2, 0.25) is 0 Å². The minimum atomic E-state index is -0.515. The zero-order chi connectivity index (χ0) is 28.4. The maximum absolute atomic E-state index is 13.9. The van der Waals surface area contributed by atoms with Gasteiger partial charge in [-0.15, -0.1) is 0 Å². The number of benzene rings is 1. The number of amides is 2. The van der Waals surface area contributed by atoms with E-state index in [0.717, 1.165) is 70.6 Å². The van der Waals surface area contributed by atoms with E-state index < -0.39 is 11.5 Å². The molecule has 1 aromatic carbocycles. The first-order valence-corrected chi connectivity index (χ1v) is 15.7. The lowest BCUT2D eigenvalue weighted by atomic mass is 9.73. The summed E-state index contributed by atoms with van der Waals surface area (Å²) in [5, 5.41) is 6.25. The summed E-state index contributed by atoms with van der Waals surface area (Å²) in [5.74, 6) is 1.18. The fraction of sp³-hybridized carbons (Fsp3) is 0.750. The van der Waals surface area contributed by atoms with Gasteiger partial charge in [-0.25, -0.2) is 0 Å². The van der Waals surface area contributed by atoms with Crippen LogP contribution in [0.25, 0.3) is 0 Å². The molecular formula is C32H52N4O4. The summed E-state index contributed by atoms with van der Waals surface area (Å²) in [5.41, 5.74) is 0.806. The molecular weight excluding hydrogens is 504 g/mol. The highest BCUT2D eigenvalue weighted by Crippen LogP contribution is 2.38. The molecule has 8 heteroatoms. The quantitative estimate of drug-likeness (QED) is 0.504. The molecule has 40 heavy (non-hydrogen) atoms. The van der Waals surface area contributed by atoms with Gasteiger partial charge in [-0.1, -0.05) is 32.4 Å². The first-order valence-electron chi connectivity index (χ1n) is 15.7. The van der Waals surface area contributed by atoms with E-state index in [1.54, 1.807) is 0 Å². The zero-order valence-corrected chi connectivity index (χ0v) is 25.1. The summed E-state index contributed by atoms with van der Waals surface area (Å²) in [6, 6.07) is 7.86. The number of ether oxygens (including phenoxy) is 2. The Balaban J connectivity index is 1.35. The third-order valence-electron chi connectivity index (χ3n) is 8.75. The molecule has 0 unspecified atom stereocenters. The van der Waals surface area contributed by atoms with E-state index in [1.165, 1.54) is 31.5 Å². The summed E-state index contributed by atoms with van der Waals surface area (Å²) < 4.78 is 11.9. The zero-order valence-electron chi connectivity index (χ0n) is 25.1. The lowest BCUT2D eigenvalue weighted by Gasteiger charge is -2.41. The van der Waals surface area contributed by atoms with E-state index in [-0.39, 0.29) is 17.9 Å². The van der Waals surface area contributed by atoms with E-state index in [4.69, 9.17) is 9.47 Å². The van der Waals surface area contributed by atoms with Crippen molar-refractivity contribution in [3.8, 4) is 5.75 Å². The van der Waals surface area contributed by atoms with E-state index >= 15 is 0 Å². The number of nitrogens with zero attached hydrogens (tertiary/aromatic N) is 2. The van der Waals surface area contributed by atoms with Gasteiger partial charge < -0.3 is 20.1 Å². The first kappa shape index (κ1) is 30.8. The number of hydrogen-bond donors (Lipinski definition) is 2. The second-order valence-corrected chi connectivity index (χ2v) is 12.7. The summed E-state index contributed by atoms with van der Waals surface area (Å²) in [7, 11) is 0. The topological polar surface area (TPSA) is 83.1 Å². The van der Waals surface area contributed by atoms with E-state index in [9.17, 15) is 9.59 Å². The van der Waals surface area contributed by atoms with E-state index in [0.29, 0.717) is 25.6 Å². The van der Waals surface area contributed by atoms with Gasteiger partial charge in [0.1, 0.15) is 18.4 Å². The number of carbonyl (C=O) groups is 2. The van der Waals surface area contributed by atoms with Crippen molar-refractivity contribution >= 4 is 11.8 Å². The van der Waals surface area contributed by atoms with Crippen molar-refractivity contribution in [2.45, 2.75) is 90.8 Å². The highest BCUT2D eigenvalue weighted by Gasteiger charge is 2.42. The lowest BCUT2D eigenvalue weighted by Crippen LogP contribution is -2.55. The average Bonchev–Trinajstić information content (AvgIpc) is 3.44. The summed E-state index contributed by atoms with van der Waals surface area (Å²) in [6.45, 7) is 14.0. The Morgan fingerprint density at radius 3 is 2.52 bits per heavy atom. The fourth-order valence-electron chi connectivity index (χ4n) is 6.35. The van der Waals surface area contributed by atoms with Gasteiger partial charge in [0, 0.05) is 25.7 Å². The Morgan fingerprint density at radius 1 is 1.00 bits per heavy atom. The normalized spacial score (nSPS) is 25.6. The molecule has 3 fully saturated rings. The van der Waals surface area contributed by atoms with Crippen LogP contribution in [0.1, 0.15) is 77.7 Å². The van der Waals surface area contributed by atoms with Crippen molar-refractivity contribution in [3.05, 3.63) is 29.8 Å². The summed E-state index contributed by atoms with van der Waals surface area (Å²) in [6.07, 6.45) is 7.56. The Kier molecular flexibility index (Phi) is 11.7. The lowest BCUT2D eigenvalue weighted by molar-refractivity contribution is -0.138. The van der Waals surface area contributed by atoms with Crippen molar-refractivity contribution in [3.63, 3.8) is 0 Å². The van der Waals surface area contributed by atoms with Gasteiger partial charge in [0.25, 0.3) is 0 Å². The van der Waals surface area contributed by atoms with Crippen LogP contribution in [0.5, 0.6) is 5.75 Å². The molecule has 3 saturated heterocycles. The van der Waals surface area contributed by atoms with Crippen LogP contribution in [0.4, 0.5) is 0 Å². The molecule has 4 rings (SSSR count). The second kappa shape index (κ2) is 15.2. The van der Waals surface area contributed by atoms with Crippen molar-refractivity contribution in [2.24, 2.45) is 11.3 Å². The highest BCUT2D eigenvalue weighted by atomic mass is 16.5. The molecule has 3 heterocycles. The maximum atomic E-state index is 13.9. The van der Waals surface area contributed by atoms with Crippen LogP contribution in [-0.4, -0.2) is 86.2 Å². The van der Waals surface area contributed by atoms with E-state index in [2.05, 4.69) is 52.5 Å². The third kappa shape index (κ3) is 9.18. The molecule has 1 spiro atoms. The third-order valence-corrected chi connectivity index (χ3v) is 8.75. The minimum absolute atomic E-state index is 0.0502. The van der Waals surface area contributed by atoms with Crippen LogP contribution in [0.3, 0.4) is 0 Å². The van der Waals surface area contributed by atoms with Crippen LogP contribution in [0, 0.1) is 11.3 Å². The largest absolute Gasteiger partial charge is 0.492 e. The molecule has 224 valence electrons. The van der Waals surface area contributed by atoms with Crippen LogP contribution >= 0.6 is 0 Å². The van der Waals surface area contributed by atoms with E-state index in [1.807, 2.05) is 13.0 Å². The van der Waals surface area contributed by atoms with Crippen molar-refractivity contribution in [2.75, 3.05) is 52.5 Å². The molecule has 0 radical (unpaired) electrons. The van der Waals surface area contributed by atoms with Crippen molar-refractivity contribution < 1.29 is 19.1 Å². The highest BCUT2D eigenvalue weighted by molar-refractivity contribution is 5.90. The number of carbonyl (C=O) groups excluding carboxylic acids is 2. The van der Waals surface area contributed by atoms with Crippen molar-refractivity contribution in [1.82, 2.24) is 20.4 Å². The van der Waals surface area contributed by atoms with Crippen LogP contribution < -0.4 is 15.4 Å². The predicted octanol–water partition coefficient (Wildman–Crippen LogP) is 3.98. The van der Waals surface area contributed by atoms with Gasteiger partial charge in [-0.05, 0) is 102 Å².